The molecule has 0 radical (unpaired) electrons. The van der Waals surface area contributed by atoms with Gasteiger partial charge in [0, 0.05) is 24.2 Å². The molecule has 1 aromatic rings. The molecule has 2 rings (SSSR count). The summed E-state index contributed by atoms with van der Waals surface area (Å²) in [4.78, 5) is 14.8. The topological polar surface area (TPSA) is 38.8 Å². The van der Waals surface area contributed by atoms with Crippen LogP contribution in [-0.4, -0.2) is 37.6 Å². The van der Waals surface area contributed by atoms with E-state index in [2.05, 4.69) is 0 Å². The van der Waals surface area contributed by atoms with Gasteiger partial charge >= 0.3 is 0 Å². The molecule has 0 N–H and O–H groups in total. The highest BCUT2D eigenvalue weighted by Gasteiger charge is 2.25. The highest BCUT2D eigenvalue weighted by molar-refractivity contribution is 5.95. The van der Waals surface area contributed by atoms with Crippen LogP contribution in [-0.2, 0) is 0 Å². The molecule has 0 saturated heterocycles. The third-order valence-electron chi connectivity index (χ3n) is 4.22. The molecule has 0 heterocycles. The van der Waals surface area contributed by atoms with Gasteiger partial charge in [0.2, 0.25) is 0 Å². The highest BCUT2D eigenvalue weighted by atomic mass is 16.5. The summed E-state index contributed by atoms with van der Waals surface area (Å²) < 4.78 is 10.5. The van der Waals surface area contributed by atoms with Crippen LogP contribution in [0.25, 0.3) is 0 Å². The number of carbonyl (C=O) groups is 1. The Morgan fingerprint density at radius 1 is 1.10 bits per heavy atom. The molecule has 0 unspecified atom stereocenters. The van der Waals surface area contributed by atoms with Gasteiger partial charge in [0.25, 0.3) is 5.91 Å². The van der Waals surface area contributed by atoms with Crippen molar-refractivity contribution in [2.45, 2.75) is 45.1 Å². The molecule has 1 aromatic carbocycles. The van der Waals surface area contributed by atoms with Gasteiger partial charge < -0.3 is 14.4 Å². The van der Waals surface area contributed by atoms with Crippen LogP contribution in [0.5, 0.6) is 11.5 Å². The normalized spacial score (nSPS) is 15.6. The quantitative estimate of drug-likeness (QED) is 0.833. The summed E-state index contributed by atoms with van der Waals surface area (Å²) in [6.45, 7) is 2.78. The summed E-state index contributed by atoms with van der Waals surface area (Å²) in [6, 6.07) is 5.73. The van der Waals surface area contributed by atoms with E-state index in [-0.39, 0.29) is 5.91 Å². The lowest BCUT2D eigenvalue weighted by atomic mass is 9.93. The zero-order valence-corrected chi connectivity index (χ0v) is 13.2. The first-order valence-corrected chi connectivity index (χ1v) is 7.73. The fraction of sp³-hybridized carbons (Fsp3) is 0.588. The van der Waals surface area contributed by atoms with Gasteiger partial charge in [0.15, 0.2) is 0 Å². The van der Waals surface area contributed by atoms with Crippen molar-refractivity contribution in [1.29, 1.82) is 0 Å². The van der Waals surface area contributed by atoms with Crippen molar-refractivity contribution in [1.82, 2.24) is 4.90 Å². The molecule has 116 valence electrons. The molecule has 21 heavy (non-hydrogen) atoms. The first-order valence-electron chi connectivity index (χ1n) is 7.73. The molecule has 0 bridgehead atoms. The van der Waals surface area contributed by atoms with Gasteiger partial charge in [-0.3, -0.25) is 4.79 Å². The molecule has 1 amide bonds. The lowest BCUT2D eigenvalue weighted by Crippen LogP contribution is -2.41. The van der Waals surface area contributed by atoms with E-state index in [1.807, 2.05) is 11.8 Å². The summed E-state index contributed by atoms with van der Waals surface area (Å²) in [5, 5.41) is 0. The summed E-state index contributed by atoms with van der Waals surface area (Å²) >= 11 is 0. The second-order valence-electron chi connectivity index (χ2n) is 5.48. The van der Waals surface area contributed by atoms with Crippen LogP contribution in [0.1, 0.15) is 49.4 Å². The van der Waals surface area contributed by atoms with Gasteiger partial charge in [-0.15, -0.1) is 0 Å². The molecule has 1 aliphatic carbocycles. The van der Waals surface area contributed by atoms with Crippen LogP contribution < -0.4 is 9.47 Å². The highest BCUT2D eigenvalue weighted by Crippen LogP contribution is 2.27. The van der Waals surface area contributed by atoms with E-state index in [1.54, 1.807) is 32.4 Å². The van der Waals surface area contributed by atoms with E-state index in [0.29, 0.717) is 23.1 Å². The molecule has 4 nitrogen and oxygen atoms in total. The number of hydrogen-bond acceptors (Lipinski definition) is 3. The van der Waals surface area contributed by atoms with E-state index in [9.17, 15) is 4.79 Å². The molecular weight excluding hydrogens is 266 g/mol. The Labute approximate surface area is 127 Å². The summed E-state index contributed by atoms with van der Waals surface area (Å²) in [6.07, 6.45) is 5.95. The fourth-order valence-electron chi connectivity index (χ4n) is 3.06. The molecule has 1 fully saturated rings. The molecule has 4 heteroatoms. The van der Waals surface area contributed by atoms with Gasteiger partial charge in [-0.1, -0.05) is 19.3 Å². The lowest BCUT2D eigenvalue weighted by molar-refractivity contribution is 0.0647. The number of ether oxygens (including phenoxy) is 2. The van der Waals surface area contributed by atoms with Crippen LogP contribution in [0.3, 0.4) is 0 Å². The van der Waals surface area contributed by atoms with Gasteiger partial charge in [-0.05, 0) is 31.9 Å². The van der Waals surface area contributed by atoms with Crippen molar-refractivity contribution in [3.05, 3.63) is 23.8 Å². The van der Waals surface area contributed by atoms with Crippen molar-refractivity contribution in [3.63, 3.8) is 0 Å². The number of benzene rings is 1. The van der Waals surface area contributed by atoms with Crippen molar-refractivity contribution in [3.8, 4) is 11.5 Å². The number of hydrogen-bond donors (Lipinski definition) is 0. The maximum absolute atomic E-state index is 12.8. The van der Waals surface area contributed by atoms with Crippen molar-refractivity contribution < 1.29 is 14.3 Å². The minimum absolute atomic E-state index is 0.0709. The van der Waals surface area contributed by atoms with Gasteiger partial charge in [-0.2, -0.15) is 0 Å². The maximum Gasteiger partial charge on any atom is 0.254 e. The van der Waals surface area contributed by atoms with E-state index in [0.717, 1.165) is 19.4 Å². The third-order valence-corrected chi connectivity index (χ3v) is 4.22. The Kier molecular flexibility index (Phi) is 5.48. The molecular formula is C17H25NO3. The second-order valence-corrected chi connectivity index (χ2v) is 5.48. The molecule has 1 saturated carbocycles. The monoisotopic (exact) mass is 291 g/mol. The predicted octanol–water partition coefficient (Wildman–Crippen LogP) is 3.50. The van der Waals surface area contributed by atoms with Gasteiger partial charge in [-0.25, -0.2) is 0 Å². The lowest BCUT2D eigenvalue weighted by Gasteiger charge is -2.33. The Bertz CT molecular complexity index is 459. The smallest absolute Gasteiger partial charge is 0.254 e. The zero-order valence-electron chi connectivity index (χ0n) is 13.2. The molecule has 0 aliphatic heterocycles. The number of methoxy groups -OCH3 is 2. The number of rotatable bonds is 5. The number of nitrogens with zero attached hydrogens (tertiary/aromatic N) is 1. The number of amides is 1. The Balaban J connectivity index is 2.23. The summed E-state index contributed by atoms with van der Waals surface area (Å²) in [5.41, 5.74) is 0.638. The van der Waals surface area contributed by atoms with Gasteiger partial charge in [0.1, 0.15) is 11.5 Å². The van der Waals surface area contributed by atoms with Crippen molar-refractivity contribution in [2.24, 2.45) is 0 Å². The van der Waals surface area contributed by atoms with Crippen molar-refractivity contribution >= 4 is 5.91 Å². The van der Waals surface area contributed by atoms with E-state index < -0.39 is 0 Å². The van der Waals surface area contributed by atoms with Crippen LogP contribution in [0.4, 0.5) is 0 Å². The van der Waals surface area contributed by atoms with E-state index in [1.165, 1.54) is 19.3 Å². The average Bonchev–Trinajstić information content (AvgIpc) is 2.55. The Morgan fingerprint density at radius 3 is 2.14 bits per heavy atom. The minimum atomic E-state index is 0.0709. The molecule has 0 spiro atoms. The third kappa shape index (κ3) is 3.69. The second kappa shape index (κ2) is 7.34. The summed E-state index contributed by atoms with van der Waals surface area (Å²) in [5.74, 6) is 1.37. The molecule has 0 aromatic heterocycles. The standard InChI is InChI=1S/C17H25NO3/c1-4-18(14-8-6-5-7-9-14)17(19)13-10-15(20-2)12-16(11-13)21-3/h10-12,14H,4-9H2,1-3H3. The van der Waals surface area contributed by atoms with Crippen LogP contribution in [0.15, 0.2) is 18.2 Å². The van der Waals surface area contributed by atoms with Gasteiger partial charge in [0.05, 0.1) is 14.2 Å². The Morgan fingerprint density at radius 2 is 1.67 bits per heavy atom. The van der Waals surface area contributed by atoms with E-state index in [4.69, 9.17) is 9.47 Å². The van der Waals surface area contributed by atoms with Crippen LogP contribution in [0.2, 0.25) is 0 Å². The predicted molar refractivity (Wildman–Crippen MR) is 83.1 cm³/mol. The zero-order chi connectivity index (χ0) is 15.2. The first kappa shape index (κ1) is 15.7. The fourth-order valence-corrected chi connectivity index (χ4v) is 3.06. The summed E-state index contributed by atoms with van der Waals surface area (Å²) in [7, 11) is 3.20. The van der Waals surface area contributed by atoms with Crippen LogP contribution in [0, 0.1) is 0 Å². The van der Waals surface area contributed by atoms with Crippen LogP contribution >= 0.6 is 0 Å². The Hall–Kier alpha value is -1.71. The average molecular weight is 291 g/mol. The molecule has 1 aliphatic rings. The maximum atomic E-state index is 12.8. The SMILES string of the molecule is CCN(C(=O)c1cc(OC)cc(OC)c1)C1CCCCC1. The minimum Gasteiger partial charge on any atom is -0.497 e. The number of carbonyl (C=O) groups excluding carboxylic acids is 1. The molecule has 0 atom stereocenters. The van der Waals surface area contributed by atoms with E-state index >= 15 is 0 Å². The van der Waals surface area contributed by atoms with Crippen molar-refractivity contribution in [2.75, 3.05) is 20.8 Å². The largest absolute Gasteiger partial charge is 0.497 e. The first-order chi connectivity index (χ1) is 10.2.